The maximum absolute atomic E-state index is 13.2. The number of anilines is 1. The number of rotatable bonds is 12. The molecule has 0 saturated carbocycles. The Hall–Kier alpha value is -2.58. The van der Waals surface area contributed by atoms with Gasteiger partial charge in [0.2, 0.25) is 21.8 Å². The summed E-state index contributed by atoms with van der Waals surface area (Å²) in [7, 11) is -3.54. The van der Waals surface area contributed by atoms with E-state index in [1.54, 1.807) is 36.1 Å². The number of amides is 2. The van der Waals surface area contributed by atoms with Crippen LogP contribution in [0.3, 0.4) is 0 Å². The van der Waals surface area contributed by atoms with Crippen molar-refractivity contribution in [2.24, 2.45) is 0 Å². The van der Waals surface area contributed by atoms with E-state index in [0.29, 0.717) is 30.1 Å². The molecule has 0 aliphatic heterocycles. The van der Waals surface area contributed by atoms with Crippen molar-refractivity contribution in [3.8, 4) is 0 Å². The van der Waals surface area contributed by atoms with E-state index < -0.39 is 16.1 Å². The zero-order chi connectivity index (χ0) is 25.3. The second-order valence-electron chi connectivity index (χ2n) is 8.58. The molecule has 0 aliphatic rings. The third-order valence-corrected chi connectivity index (χ3v) is 6.80. The third-order valence-electron chi connectivity index (χ3n) is 5.35. The molecule has 2 aromatic carbocycles. The monoisotopic (exact) mass is 507 g/mol. The lowest BCUT2D eigenvalue weighted by molar-refractivity contribution is -0.140. The molecule has 2 rings (SSSR count). The van der Waals surface area contributed by atoms with Gasteiger partial charge in [-0.05, 0) is 63.4 Å². The van der Waals surface area contributed by atoms with E-state index in [-0.39, 0.29) is 30.8 Å². The van der Waals surface area contributed by atoms with Crippen molar-refractivity contribution in [3.63, 3.8) is 0 Å². The van der Waals surface area contributed by atoms with Gasteiger partial charge in [0.1, 0.15) is 6.04 Å². The summed E-state index contributed by atoms with van der Waals surface area (Å²) in [5.74, 6) is -0.401. The molecule has 1 atom stereocenters. The Morgan fingerprint density at radius 1 is 0.971 bits per heavy atom. The first-order chi connectivity index (χ1) is 16.0. The molecular formula is C25H34ClN3O4S. The van der Waals surface area contributed by atoms with Crippen molar-refractivity contribution in [1.29, 1.82) is 0 Å². The van der Waals surface area contributed by atoms with E-state index in [1.807, 2.05) is 44.2 Å². The van der Waals surface area contributed by atoms with Gasteiger partial charge in [0.05, 0.1) is 11.9 Å². The molecule has 0 unspecified atom stereocenters. The molecule has 0 saturated heterocycles. The van der Waals surface area contributed by atoms with Crippen molar-refractivity contribution in [2.45, 2.75) is 52.1 Å². The Labute approximate surface area is 208 Å². The first kappa shape index (κ1) is 27.7. The summed E-state index contributed by atoms with van der Waals surface area (Å²) in [4.78, 5) is 27.4. The van der Waals surface area contributed by atoms with Crippen LogP contribution in [0.15, 0.2) is 54.6 Å². The number of hydrogen-bond donors (Lipinski definition) is 1. The van der Waals surface area contributed by atoms with E-state index >= 15 is 0 Å². The van der Waals surface area contributed by atoms with E-state index in [2.05, 4.69) is 5.32 Å². The molecule has 0 radical (unpaired) electrons. The van der Waals surface area contributed by atoms with Crippen molar-refractivity contribution in [2.75, 3.05) is 23.7 Å². The van der Waals surface area contributed by atoms with Gasteiger partial charge in [-0.3, -0.25) is 13.9 Å². The predicted molar refractivity (Wildman–Crippen MR) is 137 cm³/mol. The first-order valence-electron chi connectivity index (χ1n) is 11.4. The maximum Gasteiger partial charge on any atom is 0.242 e. The SMILES string of the molecule is CC(C)NC(=O)[C@H](C)N(CCc1ccccc1)C(=O)CCCN(c1ccc(Cl)cc1)S(C)(=O)=O. The highest BCUT2D eigenvalue weighted by atomic mass is 35.5. The topological polar surface area (TPSA) is 86.8 Å². The fraction of sp³-hybridized carbons (Fsp3) is 0.440. The number of hydrogen-bond acceptors (Lipinski definition) is 4. The van der Waals surface area contributed by atoms with E-state index in [0.717, 1.165) is 11.8 Å². The van der Waals surface area contributed by atoms with Gasteiger partial charge in [-0.15, -0.1) is 0 Å². The lowest BCUT2D eigenvalue weighted by atomic mass is 10.1. The molecule has 0 bridgehead atoms. The molecule has 34 heavy (non-hydrogen) atoms. The molecule has 0 aromatic heterocycles. The van der Waals surface area contributed by atoms with Crippen LogP contribution in [-0.2, 0) is 26.0 Å². The third kappa shape index (κ3) is 8.65. The minimum absolute atomic E-state index is 0.0382. The van der Waals surface area contributed by atoms with E-state index in [9.17, 15) is 18.0 Å². The van der Waals surface area contributed by atoms with Crippen LogP contribution in [-0.4, -0.2) is 56.6 Å². The van der Waals surface area contributed by atoms with E-state index in [4.69, 9.17) is 11.6 Å². The van der Waals surface area contributed by atoms with Gasteiger partial charge in [0.25, 0.3) is 0 Å². The van der Waals surface area contributed by atoms with Crippen LogP contribution in [0.5, 0.6) is 0 Å². The lowest BCUT2D eigenvalue weighted by Crippen LogP contribution is -2.50. The Kier molecular flexibility index (Phi) is 10.4. The Morgan fingerprint density at radius 2 is 1.59 bits per heavy atom. The van der Waals surface area contributed by atoms with Crippen LogP contribution < -0.4 is 9.62 Å². The lowest BCUT2D eigenvalue weighted by Gasteiger charge is -2.30. The van der Waals surface area contributed by atoms with Crippen molar-refractivity contribution >= 4 is 39.1 Å². The Morgan fingerprint density at radius 3 is 2.15 bits per heavy atom. The van der Waals surface area contributed by atoms with Gasteiger partial charge in [-0.1, -0.05) is 41.9 Å². The minimum Gasteiger partial charge on any atom is -0.352 e. The van der Waals surface area contributed by atoms with Crippen LogP contribution in [0, 0.1) is 0 Å². The van der Waals surface area contributed by atoms with Gasteiger partial charge in [-0.25, -0.2) is 8.42 Å². The largest absolute Gasteiger partial charge is 0.352 e. The van der Waals surface area contributed by atoms with Crippen molar-refractivity contribution in [1.82, 2.24) is 10.2 Å². The second-order valence-corrected chi connectivity index (χ2v) is 10.9. The Bertz CT molecular complexity index is 1040. The predicted octanol–water partition coefficient (Wildman–Crippen LogP) is 3.87. The average molecular weight is 508 g/mol. The highest BCUT2D eigenvalue weighted by Crippen LogP contribution is 2.21. The highest BCUT2D eigenvalue weighted by molar-refractivity contribution is 7.92. The summed E-state index contributed by atoms with van der Waals surface area (Å²) in [5, 5.41) is 3.37. The molecule has 0 spiro atoms. The van der Waals surface area contributed by atoms with Crippen LogP contribution in [0.2, 0.25) is 5.02 Å². The Balaban J connectivity index is 2.09. The van der Waals surface area contributed by atoms with Crippen LogP contribution in [0.4, 0.5) is 5.69 Å². The number of carbonyl (C=O) groups is 2. The molecule has 2 amide bonds. The van der Waals surface area contributed by atoms with Crippen molar-refractivity contribution in [3.05, 3.63) is 65.2 Å². The summed E-state index contributed by atoms with van der Waals surface area (Å²) in [6.45, 7) is 6.00. The molecule has 0 heterocycles. The molecule has 2 aromatic rings. The smallest absolute Gasteiger partial charge is 0.242 e. The summed E-state index contributed by atoms with van der Waals surface area (Å²) in [5.41, 5.74) is 1.56. The zero-order valence-corrected chi connectivity index (χ0v) is 21.8. The fourth-order valence-electron chi connectivity index (χ4n) is 3.59. The summed E-state index contributed by atoms with van der Waals surface area (Å²) < 4.78 is 25.9. The number of nitrogens with zero attached hydrogens (tertiary/aromatic N) is 2. The van der Waals surface area contributed by atoms with Crippen LogP contribution in [0.25, 0.3) is 0 Å². The molecule has 0 aliphatic carbocycles. The summed E-state index contributed by atoms with van der Waals surface area (Å²) >= 11 is 5.92. The zero-order valence-electron chi connectivity index (χ0n) is 20.2. The molecule has 186 valence electrons. The molecule has 0 fully saturated rings. The van der Waals surface area contributed by atoms with Gasteiger partial charge < -0.3 is 10.2 Å². The minimum atomic E-state index is -3.54. The summed E-state index contributed by atoms with van der Waals surface area (Å²) in [6, 6.07) is 15.6. The van der Waals surface area contributed by atoms with Crippen LogP contribution in [0.1, 0.15) is 39.2 Å². The van der Waals surface area contributed by atoms with Gasteiger partial charge in [0.15, 0.2) is 0 Å². The second kappa shape index (κ2) is 12.8. The highest BCUT2D eigenvalue weighted by Gasteiger charge is 2.26. The normalized spacial score (nSPS) is 12.3. The number of carbonyl (C=O) groups excluding carboxylic acids is 2. The fourth-order valence-corrected chi connectivity index (χ4v) is 4.68. The van der Waals surface area contributed by atoms with Gasteiger partial charge >= 0.3 is 0 Å². The average Bonchev–Trinajstić information content (AvgIpc) is 2.77. The molecular weight excluding hydrogens is 474 g/mol. The quantitative estimate of drug-likeness (QED) is 0.472. The van der Waals surface area contributed by atoms with Crippen LogP contribution >= 0.6 is 11.6 Å². The maximum atomic E-state index is 13.2. The first-order valence-corrected chi connectivity index (χ1v) is 13.6. The molecule has 1 N–H and O–H groups in total. The number of sulfonamides is 1. The van der Waals surface area contributed by atoms with E-state index in [1.165, 1.54) is 4.31 Å². The van der Waals surface area contributed by atoms with Gasteiger partial charge in [-0.2, -0.15) is 0 Å². The summed E-state index contributed by atoms with van der Waals surface area (Å²) in [6.07, 6.45) is 2.18. The standard InChI is InChI=1S/C25H34ClN3O4S/c1-19(2)27-25(31)20(3)28(18-16-21-9-6-5-7-10-21)24(30)11-8-17-29(34(4,32)33)23-14-12-22(26)13-15-23/h5-7,9-10,12-15,19-20H,8,11,16-18H2,1-4H3,(H,27,31)/t20-/m0/s1. The molecule has 7 nitrogen and oxygen atoms in total. The molecule has 9 heteroatoms. The van der Waals surface area contributed by atoms with Crippen molar-refractivity contribution < 1.29 is 18.0 Å². The van der Waals surface area contributed by atoms with Gasteiger partial charge in [0, 0.05) is 30.6 Å². The number of nitrogens with one attached hydrogen (secondary N) is 1. The number of halogens is 1. The number of benzene rings is 2.